The minimum Gasteiger partial charge on any atom is -0.375 e. The quantitative estimate of drug-likeness (QED) is 0.820. The van der Waals surface area contributed by atoms with Crippen LogP contribution in [0.3, 0.4) is 0 Å². The first-order chi connectivity index (χ1) is 8.42. The molecule has 0 aromatic carbocycles. The number of tetrazole rings is 1. The van der Waals surface area contributed by atoms with E-state index in [1.54, 1.807) is 4.80 Å². The molecule has 0 radical (unpaired) electrons. The topological polar surface area (TPSA) is 64.9 Å². The Morgan fingerprint density at radius 3 is 3.00 bits per heavy atom. The molecule has 1 aromatic rings. The molecule has 6 heteroatoms. The lowest BCUT2D eigenvalue weighted by molar-refractivity contribution is 0.0280. The zero-order chi connectivity index (χ0) is 11.5. The van der Waals surface area contributed by atoms with Crippen LogP contribution in [-0.4, -0.2) is 46.0 Å². The van der Waals surface area contributed by atoms with Gasteiger partial charge < -0.3 is 10.1 Å². The second kappa shape index (κ2) is 5.10. The summed E-state index contributed by atoms with van der Waals surface area (Å²) in [6.45, 7) is 2.61. The van der Waals surface area contributed by atoms with E-state index in [4.69, 9.17) is 4.74 Å². The average Bonchev–Trinajstić information content (AvgIpc) is 3.00. The van der Waals surface area contributed by atoms with Crippen LogP contribution < -0.4 is 5.32 Å². The summed E-state index contributed by atoms with van der Waals surface area (Å²) in [5, 5.41) is 16.1. The van der Waals surface area contributed by atoms with E-state index in [9.17, 15) is 0 Å². The first kappa shape index (κ1) is 11.1. The molecule has 17 heavy (non-hydrogen) atoms. The Morgan fingerprint density at radius 2 is 2.24 bits per heavy atom. The molecular formula is C11H19N5O. The second-order valence-electron chi connectivity index (χ2n) is 4.87. The first-order valence-electron chi connectivity index (χ1n) is 6.52. The summed E-state index contributed by atoms with van der Waals surface area (Å²) in [4.78, 5) is 1.80. The van der Waals surface area contributed by atoms with Crippen molar-refractivity contribution in [3.05, 3.63) is 5.82 Å². The number of nitrogens with zero attached hydrogens (tertiary/aromatic N) is 4. The fraction of sp³-hybridized carbons (Fsp3) is 0.909. The van der Waals surface area contributed by atoms with Crippen LogP contribution in [0.15, 0.2) is 0 Å². The van der Waals surface area contributed by atoms with Crippen LogP contribution >= 0.6 is 0 Å². The van der Waals surface area contributed by atoms with Crippen molar-refractivity contribution in [2.75, 3.05) is 19.7 Å². The monoisotopic (exact) mass is 237 g/mol. The molecule has 1 saturated carbocycles. The second-order valence-corrected chi connectivity index (χ2v) is 4.87. The number of rotatable bonds is 3. The van der Waals surface area contributed by atoms with Gasteiger partial charge >= 0.3 is 0 Å². The highest BCUT2D eigenvalue weighted by atomic mass is 16.5. The molecule has 6 nitrogen and oxygen atoms in total. The number of hydrogen-bond acceptors (Lipinski definition) is 5. The molecule has 2 aliphatic rings. The summed E-state index contributed by atoms with van der Waals surface area (Å²) in [5.74, 6) is 0.811. The molecule has 1 N–H and O–H groups in total. The van der Waals surface area contributed by atoms with Gasteiger partial charge in [0.25, 0.3) is 0 Å². The van der Waals surface area contributed by atoms with Gasteiger partial charge in [-0.3, -0.25) is 0 Å². The average molecular weight is 237 g/mol. The molecule has 0 unspecified atom stereocenters. The van der Waals surface area contributed by atoms with E-state index in [2.05, 4.69) is 20.7 Å². The largest absolute Gasteiger partial charge is 0.375 e. The third kappa shape index (κ3) is 2.63. The fourth-order valence-corrected chi connectivity index (χ4v) is 2.58. The van der Waals surface area contributed by atoms with Crippen molar-refractivity contribution in [3.8, 4) is 0 Å². The van der Waals surface area contributed by atoms with E-state index < -0.39 is 0 Å². The molecule has 1 saturated heterocycles. The fourth-order valence-electron chi connectivity index (χ4n) is 2.58. The highest BCUT2D eigenvalue weighted by Gasteiger charge is 2.21. The molecule has 2 heterocycles. The zero-order valence-corrected chi connectivity index (χ0v) is 10.0. The van der Waals surface area contributed by atoms with Gasteiger partial charge in [-0.1, -0.05) is 12.8 Å². The summed E-state index contributed by atoms with van der Waals surface area (Å²) in [7, 11) is 0. The maximum Gasteiger partial charge on any atom is 0.177 e. The Labute approximate surface area is 101 Å². The summed E-state index contributed by atoms with van der Waals surface area (Å²) in [6, 6.07) is 0.474. The summed E-state index contributed by atoms with van der Waals surface area (Å²) in [5.41, 5.74) is 0. The summed E-state index contributed by atoms with van der Waals surface area (Å²) in [6.07, 6.45) is 5.92. The molecule has 0 spiro atoms. The molecule has 0 bridgehead atoms. The van der Waals surface area contributed by atoms with Crippen molar-refractivity contribution in [1.82, 2.24) is 25.5 Å². The van der Waals surface area contributed by atoms with Gasteiger partial charge in [0.1, 0.15) is 0 Å². The van der Waals surface area contributed by atoms with Gasteiger partial charge in [0, 0.05) is 19.5 Å². The van der Waals surface area contributed by atoms with Crippen LogP contribution in [-0.2, 0) is 11.2 Å². The Kier molecular flexibility index (Phi) is 3.33. The lowest BCUT2D eigenvalue weighted by Crippen LogP contribution is -2.39. The standard InChI is InChI=1S/C11H19N5O/c1-2-4-9(3-1)16-14-11(13-15-16)7-10-8-12-5-6-17-10/h9-10,12H,1-8H2/t10-/m0/s1. The number of morpholine rings is 1. The minimum absolute atomic E-state index is 0.199. The SMILES string of the molecule is C1CCC(n2nnc(C[C@H]3CNCCO3)n2)C1. The molecule has 0 amide bonds. The van der Waals surface area contributed by atoms with Crippen molar-refractivity contribution in [2.45, 2.75) is 44.2 Å². The molecular weight excluding hydrogens is 218 g/mol. The van der Waals surface area contributed by atoms with E-state index in [0.29, 0.717) is 6.04 Å². The Morgan fingerprint density at radius 1 is 1.35 bits per heavy atom. The third-order valence-electron chi connectivity index (χ3n) is 3.54. The summed E-state index contributed by atoms with van der Waals surface area (Å²) >= 11 is 0. The number of ether oxygens (including phenoxy) is 1. The van der Waals surface area contributed by atoms with Gasteiger partial charge in [-0.05, 0) is 18.1 Å². The van der Waals surface area contributed by atoms with Crippen LogP contribution in [0.4, 0.5) is 0 Å². The smallest absolute Gasteiger partial charge is 0.177 e. The molecule has 1 atom stereocenters. The Balaban J connectivity index is 1.59. The van der Waals surface area contributed by atoms with Crippen LogP contribution in [0.2, 0.25) is 0 Å². The molecule has 1 aliphatic heterocycles. The predicted molar refractivity (Wildman–Crippen MR) is 61.6 cm³/mol. The van der Waals surface area contributed by atoms with Gasteiger partial charge in [0.2, 0.25) is 0 Å². The first-order valence-corrected chi connectivity index (χ1v) is 6.52. The van der Waals surface area contributed by atoms with E-state index in [-0.39, 0.29) is 6.10 Å². The number of nitrogens with one attached hydrogen (secondary N) is 1. The predicted octanol–water partition coefficient (Wildman–Crippen LogP) is 0.319. The maximum absolute atomic E-state index is 5.64. The van der Waals surface area contributed by atoms with E-state index in [0.717, 1.165) is 31.9 Å². The van der Waals surface area contributed by atoms with Gasteiger partial charge in [0.15, 0.2) is 5.82 Å². The highest BCUT2D eigenvalue weighted by molar-refractivity contribution is 4.85. The molecule has 1 aromatic heterocycles. The van der Waals surface area contributed by atoms with Crippen molar-refractivity contribution < 1.29 is 4.74 Å². The van der Waals surface area contributed by atoms with Gasteiger partial charge in [-0.15, -0.1) is 10.2 Å². The molecule has 1 aliphatic carbocycles. The van der Waals surface area contributed by atoms with Crippen LogP contribution in [0, 0.1) is 0 Å². The summed E-state index contributed by atoms with van der Waals surface area (Å²) < 4.78 is 5.64. The van der Waals surface area contributed by atoms with Crippen molar-refractivity contribution in [3.63, 3.8) is 0 Å². The lowest BCUT2D eigenvalue weighted by Gasteiger charge is -2.22. The van der Waals surface area contributed by atoms with Gasteiger partial charge in [0.05, 0.1) is 18.8 Å². The van der Waals surface area contributed by atoms with Crippen LogP contribution in [0.5, 0.6) is 0 Å². The molecule has 2 fully saturated rings. The third-order valence-corrected chi connectivity index (χ3v) is 3.54. The van der Waals surface area contributed by atoms with Gasteiger partial charge in [-0.2, -0.15) is 4.80 Å². The van der Waals surface area contributed by atoms with Gasteiger partial charge in [-0.25, -0.2) is 0 Å². The van der Waals surface area contributed by atoms with Crippen molar-refractivity contribution in [2.24, 2.45) is 0 Å². The van der Waals surface area contributed by atoms with Crippen molar-refractivity contribution >= 4 is 0 Å². The minimum atomic E-state index is 0.199. The maximum atomic E-state index is 5.64. The lowest BCUT2D eigenvalue weighted by atomic mass is 10.2. The number of hydrogen-bond donors (Lipinski definition) is 1. The van der Waals surface area contributed by atoms with E-state index in [1.807, 2.05) is 0 Å². The zero-order valence-electron chi connectivity index (χ0n) is 10.0. The van der Waals surface area contributed by atoms with E-state index in [1.165, 1.54) is 25.7 Å². The molecule has 3 rings (SSSR count). The van der Waals surface area contributed by atoms with Crippen molar-refractivity contribution in [1.29, 1.82) is 0 Å². The van der Waals surface area contributed by atoms with Crippen LogP contribution in [0.1, 0.15) is 37.5 Å². The normalized spacial score (nSPS) is 26.5. The van der Waals surface area contributed by atoms with E-state index >= 15 is 0 Å². The number of aromatic nitrogens is 4. The molecule has 94 valence electrons. The van der Waals surface area contributed by atoms with Crippen LogP contribution in [0.25, 0.3) is 0 Å². The Hall–Kier alpha value is -1.01. The highest BCUT2D eigenvalue weighted by Crippen LogP contribution is 2.27. The Bertz CT molecular complexity index is 354.